The van der Waals surface area contributed by atoms with E-state index in [-0.39, 0.29) is 5.91 Å². The first kappa shape index (κ1) is 15.3. The van der Waals surface area contributed by atoms with Crippen molar-refractivity contribution in [3.05, 3.63) is 0 Å². The summed E-state index contributed by atoms with van der Waals surface area (Å²) in [5, 5.41) is 5.84. The number of carbonyl (C=O) groups is 1. The molecule has 0 aromatic carbocycles. The van der Waals surface area contributed by atoms with Crippen LogP contribution in [0.25, 0.3) is 0 Å². The van der Waals surface area contributed by atoms with Crippen LogP contribution in [0.3, 0.4) is 0 Å². The number of hydrogen-bond donors (Lipinski definition) is 2. The van der Waals surface area contributed by atoms with Gasteiger partial charge in [-0.25, -0.2) is 0 Å². The maximum Gasteiger partial charge on any atom is 0.234 e. The Labute approximate surface area is 97.9 Å². The molecule has 0 spiro atoms. The van der Waals surface area contributed by atoms with Crippen molar-refractivity contribution in [2.45, 2.75) is 19.3 Å². The first-order valence-electron chi connectivity index (χ1n) is 5.76. The SMILES string of the molecule is COCCCCCNCC(=O)NCCOC. The molecule has 0 bridgehead atoms. The van der Waals surface area contributed by atoms with E-state index in [0.29, 0.717) is 19.7 Å². The van der Waals surface area contributed by atoms with Gasteiger partial charge in [-0.1, -0.05) is 0 Å². The second-order valence-electron chi connectivity index (χ2n) is 3.57. The van der Waals surface area contributed by atoms with Gasteiger partial charge in [-0.2, -0.15) is 0 Å². The molecule has 0 fully saturated rings. The third kappa shape index (κ3) is 11.4. The largest absolute Gasteiger partial charge is 0.385 e. The normalized spacial score (nSPS) is 10.4. The molecule has 0 radical (unpaired) electrons. The predicted octanol–water partition coefficient (Wildman–Crippen LogP) is 0.155. The van der Waals surface area contributed by atoms with E-state index in [9.17, 15) is 4.79 Å². The van der Waals surface area contributed by atoms with Gasteiger partial charge in [0.15, 0.2) is 0 Å². The average Bonchev–Trinajstić information content (AvgIpc) is 2.28. The van der Waals surface area contributed by atoms with Crippen LogP contribution in [0.2, 0.25) is 0 Å². The van der Waals surface area contributed by atoms with Crippen molar-refractivity contribution >= 4 is 5.91 Å². The summed E-state index contributed by atoms with van der Waals surface area (Å²) in [5.74, 6) is 0.0222. The van der Waals surface area contributed by atoms with Gasteiger partial charge in [-0.3, -0.25) is 4.79 Å². The summed E-state index contributed by atoms with van der Waals surface area (Å²) in [7, 11) is 3.33. The molecule has 0 aliphatic carbocycles. The number of nitrogens with one attached hydrogen (secondary N) is 2. The Kier molecular flexibility index (Phi) is 11.9. The van der Waals surface area contributed by atoms with Gasteiger partial charge in [0.25, 0.3) is 0 Å². The topological polar surface area (TPSA) is 59.6 Å². The first-order chi connectivity index (χ1) is 7.81. The highest BCUT2D eigenvalue weighted by Gasteiger charge is 1.98. The second-order valence-corrected chi connectivity index (χ2v) is 3.57. The van der Waals surface area contributed by atoms with E-state index in [1.807, 2.05) is 0 Å². The molecule has 0 aliphatic heterocycles. The first-order valence-corrected chi connectivity index (χ1v) is 5.76. The third-order valence-corrected chi connectivity index (χ3v) is 2.12. The van der Waals surface area contributed by atoms with Crippen molar-refractivity contribution in [2.24, 2.45) is 0 Å². The van der Waals surface area contributed by atoms with E-state index in [0.717, 1.165) is 32.4 Å². The number of amides is 1. The molecule has 96 valence electrons. The maximum atomic E-state index is 11.2. The molecule has 0 rings (SSSR count). The molecule has 0 saturated carbocycles. The standard InChI is InChI=1S/C11H24N2O3/c1-15-8-5-3-4-6-12-10-11(14)13-7-9-16-2/h12H,3-10H2,1-2H3,(H,13,14). The summed E-state index contributed by atoms with van der Waals surface area (Å²) in [6.07, 6.45) is 3.29. The summed E-state index contributed by atoms with van der Waals surface area (Å²) in [6, 6.07) is 0. The van der Waals surface area contributed by atoms with E-state index >= 15 is 0 Å². The monoisotopic (exact) mass is 232 g/mol. The lowest BCUT2D eigenvalue weighted by molar-refractivity contribution is -0.120. The predicted molar refractivity (Wildman–Crippen MR) is 63.5 cm³/mol. The van der Waals surface area contributed by atoms with E-state index in [1.54, 1.807) is 14.2 Å². The number of methoxy groups -OCH3 is 2. The van der Waals surface area contributed by atoms with Crippen LogP contribution in [-0.4, -0.2) is 53.0 Å². The summed E-state index contributed by atoms with van der Waals surface area (Å²) in [5.41, 5.74) is 0. The minimum Gasteiger partial charge on any atom is -0.385 e. The van der Waals surface area contributed by atoms with E-state index in [2.05, 4.69) is 10.6 Å². The van der Waals surface area contributed by atoms with Gasteiger partial charge >= 0.3 is 0 Å². The lowest BCUT2D eigenvalue weighted by atomic mass is 10.2. The molecule has 1 amide bonds. The summed E-state index contributed by atoms with van der Waals surface area (Å²) < 4.78 is 9.77. The van der Waals surface area contributed by atoms with E-state index in [1.165, 1.54) is 0 Å². The van der Waals surface area contributed by atoms with Crippen LogP contribution in [0.4, 0.5) is 0 Å². The minimum absolute atomic E-state index is 0.0222. The number of ether oxygens (including phenoxy) is 2. The fraction of sp³-hybridized carbons (Fsp3) is 0.909. The van der Waals surface area contributed by atoms with Crippen molar-refractivity contribution in [3.63, 3.8) is 0 Å². The Morgan fingerprint density at radius 2 is 1.75 bits per heavy atom. The Bertz CT molecular complexity index is 165. The lowest BCUT2D eigenvalue weighted by Crippen LogP contribution is -2.35. The number of hydrogen-bond acceptors (Lipinski definition) is 4. The van der Waals surface area contributed by atoms with E-state index < -0.39 is 0 Å². The summed E-state index contributed by atoms with van der Waals surface area (Å²) >= 11 is 0. The molecule has 0 aromatic rings. The Morgan fingerprint density at radius 3 is 2.44 bits per heavy atom. The summed E-state index contributed by atoms with van der Waals surface area (Å²) in [6.45, 7) is 3.21. The highest BCUT2D eigenvalue weighted by Crippen LogP contribution is 1.93. The lowest BCUT2D eigenvalue weighted by Gasteiger charge is -2.06. The van der Waals surface area contributed by atoms with Crippen LogP contribution < -0.4 is 10.6 Å². The molecule has 0 unspecified atom stereocenters. The fourth-order valence-corrected chi connectivity index (χ4v) is 1.23. The van der Waals surface area contributed by atoms with Crippen molar-refractivity contribution in [1.29, 1.82) is 0 Å². The van der Waals surface area contributed by atoms with Gasteiger partial charge in [0.05, 0.1) is 13.2 Å². The van der Waals surface area contributed by atoms with Crippen LogP contribution in [0, 0.1) is 0 Å². The molecule has 0 saturated heterocycles. The number of rotatable bonds is 11. The highest BCUT2D eigenvalue weighted by atomic mass is 16.5. The van der Waals surface area contributed by atoms with Crippen LogP contribution in [-0.2, 0) is 14.3 Å². The smallest absolute Gasteiger partial charge is 0.234 e. The van der Waals surface area contributed by atoms with Crippen molar-refractivity contribution in [2.75, 3.05) is 47.1 Å². The molecule has 2 N–H and O–H groups in total. The summed E-state index contributed by atoms with van der Waals surface area (Å²) in [4.78, 5) is 11.2. The van der Waals surface area contributed by atoms with Crippen LogP contribution in [0.15, 0.2) is 0 Å². The highest BCUT2D eigenvalue weighted by molar-refractivity contribution is 5.77. The van der Waals surface area contributed by atoms with Crippen molar-refractivity contribution in [1.82, 2.24) is 10.6 Å². The van der Waals surface area contributed by atoms with Crippen molar-refractivity contribution < 1.29 is 14.3 Å². The molecule has 5 nitrogen and oxygen atoms in total. The molecular weight excluding hydrogens is 208 g/mol. The van der Waals surface area contributed by atoms with Crippen LogP contribution >= 0.6 is 0 Å². The van der Waals surface area contributed by atoms with Crippen LogP contribution in [0.1, 0.15) is 19.3 Å². The fourth-order valence-electron chi connectivity index (χ4n) is 1.23. The van der Waals surface area contributed by atoms with Gasteiger partial charge in [-0.15, -0.1) is 0 Å². The van der Waals surface area contributed by atoms with Gasteiger partial charge < -0.3 is 20.1 Å². The van der Waals surface area contributed by atoms with Crippen LogP contribution in [0.5, 0.6) is 0 Å². The molecule has 0 aliphatic rings. The zero-order valence-corrected chi connectivity index (χ0v) is 10.4. The maximum absolute atomic E-state index is 11.2. The van der Waals surface area contributed by atoms with Crippen molar-refractivity contribution in [3.8, 4) is 0 Å². The molecular formula is C11H24N2O3. The minimum atomic E-state index is 0.0222. The Balaban J connectivity index is 3.09. The van der Waals surface area contributed by atoms with Gasteiger partial charge in [-0.05, 0) is 25.8 Å². The zero-order chi connectivity index (χ0) is 12.1. The Hall–Kier alpha value is -0.650. The van der Waals surface area contributed by atoms with E-state index in [4.69, 9.17) is 9.47 Å². The molecule has 0 aromatic heterocycles. The number of carbonyl (C=O) groups excluding carboxylic acids is 1. The molecule has 16 heavy (non-hydrogen) atoms. The van der Waals surface area contributed by atoms with Gasteiger partial charge in [0.2, 0.25) is 5.91 Å². The Morgan fingerprint density at radius 1 is 1.00 bits per heavy atom. The van der Waals surface area contributed by atoms with Gasteiger partial charge in [0, 0.05) is 27.4 Å². The van der Waals surface area contributed by atoms with Gasteiger partial charge in [0.1, 0.15) is 0 Å². The average molecular weight is 232 g/mol. The molecule has 0 atom stereocenters. The number of unbranched alkanes of at least 4 members (excludes halogenated alkanes) is 2. The quantitative estimate of drug-likeness (QED) is 0.498. The molecule has 0 heterocycles. The zero-order valence-electron chi connectivity index (χ0n) is 10.4. The second kappa shape index (κ2) is 12.4. The molecule has 5 heteroatoms. The third-order valence-electron chi connectivity index (χ3n) is 2.12.